The number of benzene rings is 1. The Morgan fingerprint density at radius 1 is 1.20 bits per heavy atom. The van der Waals surface area contributed by atoms with Gasteiger partial charge in [0.1, 0.15) is 0 Å². The van der Waals surface area contributed by atoms with Crippen LogP contribution in [0.3, 0.4) is 0 Å². The van der Waals surface area contributed by atoms with Gasteiger partial charge in [0, 0.05) is 11.3 Å². The predicted octanol–water partition coefficient (Wildman–Crippen LogP) is 2.11. The molecule has 0 atom stereocenters. The van der Waals surface area contributed by atoms with Crippen LogP contribution in [0.15, 0.2) is 24.3 Å². The van der Waals surface area contributed by atoms with Crippen LogP contribution in [0.5, 0.6) is 11.5 Å². The molecule has 76 valence electrons. The van der Waals surface area contributed by atoms with Crippen molar-refractivity contribution in [3.05, 3.63) is 30.0 Å². The summed E-state index contributed by atoms with van der Waals surface area (Å²) >= 11 is 0. The fraction of sp³-hybridized carbons (Fsp3) is 0.182. The van der Waals surface area contributed by atoms with Gasteiger partial charge in [-0.3, -0.25) is 5.10 Å². The maximum absolute atomic E-state index is 5.31. The molecule has 0 radical (unpaired) electrons. The smallest absolute Gasteiger partial charge is 0.231 e. The number of fused-ring (bicyclic) bond motifs is 1. The van der Waals surface area contributed by atoms with E-state index in [4.69, 9.17) is 9.47 Å². The molecule has 1 N–H and O–H groups in total. The van der Waals surface area contributed by atoms with Gasteiger partial charge in [0.15, 0.2) is 11.5 Å². The first-order chi connectivity index (χ1) is 7.33. The summed E-state index contributed by atoms with van der Waals surface area (Å²) < 4.78 is 10.6. The zero-order chi connectivity index (χ0) is 10.3. The molecule has 4 heteroatoms. The molecule has 0 fully saturated rings. The Hall–Kier alpha value is -1.97. The van der Waals surface area contributed by atoms with E-state index in [1.54, 1.807) is 0 Å². The number of nitrogens with zero attached hydrogens (tertiary/aromatic N) is 1. The van der Waals surface area contributed by atoms with Crippen molar-refractivity contribution in [3.63, 3.8) is 0 Å². The van der Waals surface area contributed by atoms with Gasteiger partial charge in [0.2, 0.25) is 6.79 Å². The lowest BCUT2D eigenvalue weighted by Crippen LogP contribution is -1.92. The van der Waals surface area contributed by atoms with Crippen molar-refractivity contribution in [2.75, 3.05) is 6.79 Å². The standard InChI is InChI=1S/C11H10N2O2/c1-7-4-9(13-12-7)8-2-3-10-11(5-8)15-6-14-10/h2-5H,6H2,1H3,(H,12,13). The fourth-order valence-electron chi connectivity index (χ4n) is 1.62. The summed E-state index contributed by atoms with van der Waals surface area (Å²) in [4.78, 5) is 0. The number of nitrogens with one attached hydrogen (secondary N) is 1. The highest BCUT2D eigenvalue weighted by molar-refractivity contribution is 5.64. The van der Waals surface area contributed by atoms with Crippen molar-refractivity contribution in [2.45, 2.75) is 6.92 Å². The summed E-state index contributed by atoms with van der Waals surface area (Å²) in [7, 11) is 0. The molecular formula is C11H10N2O2. The summed E-state index contributed by atoms with van der Waals surface area (Å²) in [6.07, 6.45) is 0. The van der Waals surface area contributed by atoms with Gasteiger partial charge >= 0.3 is 0 Å². The molecule has 3 rings (SSSR count). The molecule has 1 aromatic heterocycles. The molecule has 1 aliphatic rings. The van der Waals surface area contributed by atoms with E-state index in [0.717, 1.165) is 28.5 Å². The lowest BCUT2D eigenvalue weighted by atomic mass is 10.1. The van der Waals surface area contributed by atoms with Gasteiger partial charge < -0.3 is 9.47 Å². The van der Waals surface area contributed by atoms with Crippen molar-refractivity contribution in [1.82, 2.24) is 10.2 Å². The third-order valence-corrected chi connectivity index (χ3v) is 2.37. The van der Waals surface area contributed by atoms with E-state index in [2.05, 4.69) is 10.2 Å². The summed E-state index contributed by atoms with van der Waals surface area (Å²) in [6.45, 7) is 2.28. The summed E-state index contributed by atoms with van der Waals surface area (Å²) in [5, 5.41) is 7.10. The highest BCUT2D eigenvalue weighted by Crippen LogP contribution is 2.35. The van der Waals surface area contributed by atoms with E-state index < -0.39 is 0 Å². The summed E-state index contributed by atoms with van der Waals surface area (Å²) in [5.74, 6) is 1.58. The van der Waals surface area contributed by atoms with E-state index in [-0.39, 0.29) is 0 Å². The number of ether oxygens (including phenoxy) is 2. The number of hydrogen-bond donors (Lipinski definition) is 1. The van der Waals surface area contributed by atoms with Crippen LogP contribution in [0, 0.1) is 6.92 Å². The lowest BCUT2D eigenvalue weighted by Gasteiger charge is -1.98. The number of H-pyrrole nitrogens is 1. The minimum absolute atomic E-state index is 0.304. The largest absolute Gasteiger partial charge is 0.454 e. The van der Waals surface area contributed by atoms with Gasteiger partial charge in [-0.05, 0) is 31.2 Å². The number of hydrogen-bond acceptors (Lipinski definition) is 3. The van der Waals surface area contributed by atoms with Gasteiger partial charge in [-0.15, -0.1) is 0 Å². The monoisotopic (exact) mass is 202 g/mol. The van der Waals surface area contributed by atoms with Crippen LogP contribution < -0.4 is 9.47 Å². The molecule has 1 aromatic carbocycles. The third kappa shape index (κ3) is 1.34. The maximum atomic E-state index is 5.31. The quantitative estimate of drug-likeness (QED) is 0.770. The van der Waals surface area contributed by atoms with Crippen molar-refractivity contribution < 1.29 is 9.47 Å². The average Bonchev–Trinajstić information content (AvgIpc) is 2.84. The van der Waals surface area contributed by atoms with E-state index in [0.29, 0.717) is 6.79 Å². The Morgan fingerprint density at radius 3 is 2.87 bits per heavy atom. The SMILES string of the molecule is Cc1cc(-c2ccc3c(c2)OCO3)n[nH]1. The van der Waals surface area contributed by atoms with Crippen LogP contribution in [-0.2, 0) is 0 Å². The summed E-state index contributed by atoms with van der Waals surface area (Å²) in [6, 6.07) is 7.82. The zero-order valence-corrected chi connectivity index (χ0v) is 8.28. The van der Waals surface area contributed by atoms with Crippen LogP contribution in [0.2, 0.25) is 0 Å². The van der Waals surface area contributed by atoms with E-state index in [9.17, 15) is 0 Å². The third-order valence-electron chi connectivity index (χ3n) is 2.37. The molecule has 0 saturated carbocycles. The molecule has 0 aliphatic carbocycles. The van der Waals surface area contributed by atoms with Gasteiger partial charge in [-0.1, -0.05) is 0 Å². The maximum Gasteiger partial charge on any atom is 0.231 e. The normalized spacial score (nSPS) is 13.1. The van der Waals surface area contributed by atoms with E-state index in [1.807, 2.05) is 31.2 Å². The van der Waals surface area contributed by atoms with Gasteiger partial charge in [-0.2, -0.15) is 5.10 Å². The molecule has 0 saturated heterocycles. The predicted molar refractivity (Wildman–Crippen MR) is 54.9 cm³/mol. The van der Waals surface area contributed by atoms with Crippen molar-refractivity contribution in [3.8, 4) is 22.8 Å². The second-order valence-corrected chi connectivity index (χ2v) is 3.50. The highest BCUT2D eigenvalue weighted by Gasteiger charge is 2.14. The van der Waals surface area contributed by atoms with E-state index in [1.165, 1.54) is 0 Å². The average molecular weight is 202 g/mol. The first-order valence-electron chi connectivity index (χ1n) is 4.75. The van der Waals surface area contributed by atoms with Gasteiger partial charge in [0.05, 0.1) is 5.69 Å². The Kier molecular flexibility index (Phi) is 1.68. The number of aryl methyl sites for hydroxylation is 1. The lowest BCUT2D eigenvalue weighted by molar-refractivity contribution is 0.174. The first kappa shape index (κ1) is 8.35. The molecule has 2 heterocycles. The van der Waals surface area contributed by atoms with Gasteiger partial charge in [0.25, 0.3) is 0 Å². The van der Waals surface area contributed by atoms with Gasteiger partial charge in [-0.25, -0.2) is 0 Å². The fourth-order valence-corrected chi connectivity index (χ4v) is 1.62. The molecule has 4 nitrogen and oxygen atoms in total. The molecular weight excluding hydrogens is 192 g/mol. The van der Waals surface area contributed by atoms with Crippen LogP contribution in [0.25, 0.3) is 11.3 Å². The molecule has 15 heavy (non-hydrogen) atoms. The van der Waals surface area contributed by atoms with Crippen molar-refractivity contribution in [2.24, 2.45) is 0 Å². The van der Waals surface area contributed by atoms with Crippen molar-refractivity contribution >= 4 is 0 Å². The second kappa shape index (κ2) is 3.02. The Morgan fingerprint density at radius 2 is 2.07 bits per heavy atom. The van der Waals surface area contributed by atoms with Crippen LogP contribution in [0.4, 0.5) is 0 Å². The number of aromatic amines is 1. The second-order valence-electron chi connectivity index (χ2n) is 3.50. The van der Waals surface area contributed by atoms with Crippen LogP contribution in [-0.4, -0.2) is 17.0 Å². The Bertz CT molecular complexity index is 505. The zero-order valence-electron chi connectivity index (χ0n) is 8.28. The molecule has 0 amide bonds. The number of rotatable bonds is 1. The molecule has 0 bridgehead atoms. The minimum Gasteiger partial charge on any atom is -0.454 e. The van der Waals surface area contributed by atoms with Crippen LogP contribution >= 0.6 is 0 Å². The first-order valence-corrected chi connectivity index (χ1v) is 4.75. The van der Waals surface area contributed by atoms with Crippen LogP contribution in [0.1, 0.15) is 5.69 Å². The Balaban J connectivity index is 2.06. The highest BCUT2D eigenvalue weighted by atomic mass is 16.7. The number of aromatic nitrogens is 2. The molecule has 1 aliphatic heterocycles. The molecule has 0 spiro atoms. The summed E-state index contributed by atoms with van der Waals surface area (Å²) in [5.41, 5.74) is 3.00. The minimum atomic E-state index is 0.304. The Labute approximate surface area is 86.8 Å². The molecule has 2 aromatic rings. The topological polar surface area (TPSA) is 47.1 Å². The van der Waals surface area contributed by atoms with E-state index >= 15 is 0 Å². The van der Waals surface area contributed by atoms with Crippen molar-refractivity contribution in [1.29, 1.82) is 0 Å². The molecule has 0 unspecified atom stereocenters.